The molecule has 0 aromatic heterocycles. The number of rotatable bonds is 6. The maximum Gasteiger partial charge on any atom is 0.300 e. The van der Waals surface area contributed by atoms with Gasteiger partial charge >= 0.3 is 0 Å². The predicted octanol–water partition coefficient (Wildman–Crippen LogP) is 6.27. The first-order valence-corrected chi connectivity index (χ1v) is 11.9. The van der Waals surface area contributed by atoms with Crippen LogP contribution < -0.4 is 9.64 Å². The molecule has 1 unspecified atom stereocenters. The number of aryl methyl sites for hydroxylation is 3. The van der Waals surface area contributed by atoms with Crippen molar-refractivity contribution in [3.05, 3.63) is 100 Å². The number of carbonyl (C=O) groups excluding carboxylic acids is 2. The summed E-state index contributed by atoms with van der Waals surface area (Å²) in [4.78, 5) is 28.2. The topological polar surface area (TPSA) is 66.8 Å². The minimum atomic E-state index is -0.753. The molecule has 4 rings (SSSR count). The van der Waals surface area contributed by atoms with E-state index in [-0.39, 0.29) is 11.3 Å². The highest BCUT2D eigenvalue weighted by Crippen LogP contribution is 2.43. The monoisotopic (exact) mass is 469 g/mol. The Labute approximate surface area is 206 Å². The first-order chi connectivity index (χ1) is 16.7. The number of ether oxygens (including phenoxy) is 1. The van der Waals surface area contributed by atoms with Gasteiger partial charge in [0, 0.05) is 11.3 Å². The van der Waals surface area contributed by atoms with E-state index in [1.807, 2.05) is 63.2 Å². The van der Waals surface area contributed by atoms with Crippen molar-refractivity contribution in [2.75, 3.05) is 11.5 Å². The van der Waals surface area contributed by atoms with Crippen LogP contribution in [-0.4, -0.2) is 23.4 Å². The number of amides is 1. The van der Waals surface area contributed by atoms with Crippen LogP contribution in [0.15, 0.2) is 72.3 Å². The third-order valence-corrected chi connectivity index (χ3v) is 6.15. The van der Waals surface area contributed by atoms with Crippen LogP contribution in [0.4, 0.5) is 5.69 Å². The van der Waals surface area contributed by atoms with Gasteiger partial charge in [-0.3, -0.25) is 14.5 Å². The van der Waals surface area contributed by atoms with E-state index in [1.165, 1.54) is 4.90 Å². The molecule has 0 bridgehead atoms. The van der Waals surface area contributed by atoms with Crippen molar-refractivity contribution < 1.29 is 19.4 Å². The van der Waals surface area contributed by atoms with E-state index < -0.39 is 17.7 Å². The quantitative estimate of drug-likeness (QED) is 0.262. The summed E-state index contributed by atoms with van der Waals surface area (Å²) in [5.41, 5.74) is 4.75. The van der Waals surface area contributed by atoms with Crippen molar-refractivity contribution in [1.29, 1.82) is 0 Å². The Kier molecular flexibility index (Phi) is 6.79. The summed E-state index contributed by atoms with van der Waals surface area (Å²) < 4.78 is 5.78. The number of ketones is 1. The third-order valence-electron chi connectivity index (χ3n) is 6.15. The zero-order valence-electron chi connectivity index (χ0n) is 20.8. The largest absolute Gasteiger partial charge is 0.507 e. The molecule has 5 nitrogen and oxygen atoms in total. The molecule has 1 heterocycles. The average molecular weight is 470 g/mol. The van der Waals surface area contributed by atoms with E-state index in [4.69, 9.17) is 4.74 Å². The Morgan fingerprint density at radius 3 is 2.29 bits per heavy atom. The summed E-state index contributed by atoms with van der Waals surface area (Å²) >= 11 is 0. The molecule has 5 heteroatoms. The lowest BCUT2D eigenvalue weighted by Crippen LogP contribution is -2.29. The molecule has 1 N–H and O–H groups in total. The number of hydrogen-bond acceptors (Lipinski definition) is 4. The smallest absolute Gasteiger partial charge is 0.300 e. The number of anilines is 1. The number of carbonyl (C=O) groups is 2. The number of hydrogen-bond donors (Lipinski definition) is 1. The predicted molar refractivity (Wildman–Crippen MR) is 139 cm³/mol. The van der Waals surface area contributed by atoms with Gasteiger partial charge in [-0.05, 0) is 68.1 Å². The fourth-order valence-electron chi connectivity index (χ4n) is 4.36. The summed E-state index contributed by atoms with van der Waals surface area (Å²) in [6.07, 6.45) is 0. The fourth-order valence-corrected chi connectivity index (χ4v) is 4.36. The molecule has 0 spiro atoms. The molecule has 1 fully saturated rings. The summed E-state index contributed by atoms with van der Waals surface area (Å²) in [5, 5.41) is 11.4. The summed E-state index contributed by atoms with van der Waals surface area (Å²) in [5.74, 6) is -0.440. The number of benzene rings is 3. The molecule has 0 saturated carbocycles. The lowest BCUT2D eigenvalue weighted by Gasteiger charge is -2.26. The van der Waals surface area contributed by atoms with Crippen molar-refractivity contribution in [1.82, 2.24) is 0 Å². The molecule has 3 aromatic rings. The van der Waals surface area contributed by atoms with Crippen molar-refractivity contribution in [3.63, 3.8) is 0 Å². The Bertz CT molecular complexity index is 1300. The van der Waals surface area contributed by atoms with E-state index in [0.717, 1.165) is 22.3 Å². The normalized spacial score (nSPS) is 17.3. The molecule has 1 atom stereocenters. The summed E-state index contributed by atoms with van der Waals surface area (Å²) in [6.45, 7) is 10.5. The van der Waals surface area contributed by atoms with E-state index in [1.54, 1.807) is 24.3 Å². The van der Waals surface area contributed by atoms with Gasteiger partial charge in [-0.2, -0.15) is 0 Å². The zero-order valence-corrected chi connectivity index (χ0v) is 20.8. The number of nitrogens with zero attached hydrogens (tertiary/aromatic N) is 1. The van der Waals surface area contributed by atoms with Gasteiger partial charge in [-0.25, -0.2) is 0 Å². The highest BCUT2D eigenvalue weighted by molar-refractivity contribution is 6.51. The van der Waals surface area contributed by atoms with Gasteiger partial charge in [0.2, 0.25) is 0 Å². The maximum atomic E-state index is 13.4. The first-order valence-electron chi connectivity index (χ1n) is 11.9. The Morgan fingerprint density at radius 1 is 0.943 bits per heavy atom. The minimum Gasteiger partial charge on any atom is -0.507 e. The lowest BCUT2D eigenvalue weighted by atomic mass is 9.92. The third kappa shape index (κ3) is 4.85. The first kappa shape index (κ1) is 24.3. The van der Waals surface area contributed by atoms with Gasteiger partial charge in [0.15, 0.2) is 0 Å². The summed E-state index contributed by atoms with van der Waals surface area (Å²) in [6, 6.07) is 19.8. The molecule has 0 aliphatic carbocycles. The molecule has 35 heavy (non-hydrogen) atoms. The van der Waals surface area contributed by atoms with Crippen molar-refractivity contribution >= 4 is 23.1 Å². The van der Waals surface area contributed by atoms with Gasteiger partial charge in [-0.1, -0.05) is 61.4 Å². The van der Waals surface area contributed by atoms with Gasteiger partial charge in [0.25, 0.3) is 11.7 Å². The van der Waals surface area contributed by atoms with Crippen LogP contribution in [0.3, 0.4) is 0 Å². The molecule has 3 aromatic carbocycles. The van der Waals surface area contributed by atoms with Gasteiger partial charge < -0.3 is 9.84 Å². The zero-order chi connectivity index (χ0) is 25.3. The van der Waals surface area contributed by atoms with Crippen molar-refractivity contribution in [2.24, 2.45) is 5.92 Å². The molecular formula is C30H31NO4. The van der Waals surface area contributed by atoms with E-state index in [0.29, 0.717) is 29.5 Å². The second-order valence-electron chi connectivity index (χ2n) is 9.60. The molecular weight excluding hydrogens is 438 g/mol. The number of aliphatic hydroxyl groups is 1. The van der Waals surface area contributed by atoms with Crippen LogP contribution in [0.1, 0.15) is 47.7 Å². The average Bonchev–Trinajstić information content (AvgIpc) is 3.09. The Balaban J connectivity index is 1.86. The molecule has 180 valence electrons. The van der Waals surface area contributed by atoms with Crippen LogP contribution in [0.25, 0.3) is 5.76 Å². The maximum absolute atomic E-state index is 13.4. The van der Waals surface area contributed by atoms with Gasteiger partial charge in [0.05, 0.1) is 18.2 Å². The SMILES string of the molecule is Cc1cccc(C2/C(=C(\O)c3cc(C)ccc3C)C(=O)C(=O)N2c2ccc(OCC(C)C)cc2)c1. The number of Topliss-reactive ketones (excluding diaryl/α,β-unsaturated/α-hetero) is 1. The minimum absolute atomic E-state index is 0.0921. The second-order valence-corrected chi connectivity index (χ2v) is 9.60. The standard InChI is InChI=1S/C30H31NO4/c1-18(2)17-35-24-13-11-23(12-14-24)31-27(22-8-6-7-19(3)15-22)26(29(33)30(31)34)28(32)25-16-20(4)9-10-21(25)5/h6-16,18,27,32H,17H2,1-5H3/b28-26+. The molecule has 1 amide bonds. The van der Waals surface area contributed by atoms with E-state index in [9.17, 15) is 14.7 Å². The van der Waals surface area contributed by atoms with Crippen LogP contribution in [-0.2, 0) is 9.59 Å². The van der Waals surface area contributed by atoms with Gasteiger partial charge in [-0.15, -0.1) is 0 Å². The van der Waals surface area contributed by atoms with Crippen LogP contribution >= 0.6 is 0 Å². The summed E-state index contributed by atoms with van der Waals surface area (Å²) in [7, 11) is 0. The highest BCUT2D eigenvalue weighted by atomic mass is 16.5. The molecule has 1 aliphatic rings. The van der Waals surface area contributed by atoms with Crippen molar-refractivity contribution in [3.8, 4) is 5.75 Å². The fraction of sp³-hybridized carbons (Fsp3) is 0.267. The molecule has 1 saturated heterocycles. The van der Waals surface area contributed by atoms with Crippen LogP contribution in [0.5, 0.6) is 5.75 Å². The van der Waals surface area contributed by atoms with Crippen LogP contribution in [0.2, 0.25) is 0 Å². The second kappa shape index (κ2) is 9.79. The Morgan fingerprint density at radius 2 is 1.63 bits per heavy atom. The van der Waals surface area contributed by atoms with Gasteiger partial charge in [0.1, 0.15) is 11.5 Å². The Hall–Kier alpha value is -3.86. The molecule has 1 aliphatic heterocycles. The number of aliphatic hydroxyl groups excluding tert-OH is 1. The van der Waals surface area contributed by atoms with E-state index >= 15 is 0 Å². The molecule has 0 radical (unpaired) electrons. The lowest BCUT2D eigenvalue weighted by molar-refractivity contribution is -0.132. The highest BCUT2D eigenvalue weighted by Gasteiger charge is 2.47. The van der Waals surface area contributed by atoms with E-state index in [2.05, 4.69) is 13.8 Å². The van der Waals surface area contributed by atoms with Crippen LogP contribution in [0, 0.1) is 26.7 Å². The van der Waals surface area contributed by atoms with Crippen molar-refractivity contribution in [2.45, 2.75) is 40.7 Å².